The van der Waals surface area contributed by atoms with E-state index in [0.717, 1.165) is 16.1 Å². The van der Waals surface area contributed by atoms with Crippen molar-refractivity contribution in [3.63, 3.8) is 0 Å². The molecule has 2 aromatic carbocycles. The molecule has 2 nitrogen and oxygen atoms in total. The zero-order valence-corrected chi connectivity index (χ0v) is 13.0. The van der Waals surface area contributed by atoms with Crippen LogP contribution in [-0.4, -0.2) is 11.2 Å². The van der Waals surface area contributed by atoms with Crippen LogP contribution >= 0.6 is 23.4 Å². The number of amides is 1. The largest absolute Gasteiger partial charge is 0.325 e. The summed E-state index contributed by atoms with van der Waals surface area (Å²) in [6.07, 6.45) is 0. The summed E-state index contributed by atoms with van der Waals surface area (Å²) in [5.41, 5.74) is 1.72. The lowest BCUT2D eigenvalue weighted by molar-refractivity contribution is -0.115. The Balaban J connectivity index is 1.99. The van der Waals surface area contributed by atoms with E-state index in [4.69, 9.17) is 11.6 Å². The van der Waals surface area contributed by atoms with Crippen LogP contribution in [0.25, 0.3) is 0 Å². The first kappa shape index (κ1) is 14.9. The van der Waals surface area contributed by atoms with Gasteiger partial charge in [0.25, 0.3) is 0 Å². The summed E-state index contributed by atoms with van der Waals surface area (Å²) < 4.78 is 0. The van der Waals surface area contributed by atoms with E-state index in [1.807, 2.05) is 56.3 Å². The molecular formula is C16H16ClNOS. The van der Waals surface area contributed by atoms with Crippen LogP contribution in [0.3, 0.4) is 0 Å². The Hall–Kier alpha value is -1.45. The first-order valence-electron chi connectivity index (χ1n) is 6.35. The van der Waals surface area contributed by atoms with E-state index >= 15 is 0 Å². The van der Waals surface area contributed by atoms with Gasteiger partial charge in [0.1, 0.15) is 0 Å². The van der Waals surface area contributed by atoms with Gasteiger partial charge in [-0.2, -0.15) is 0 Å². The second-order valence-electron chi connectivity index (χ2n) is 4.53. The molecule has 1 amide bonds. The number of anilines is 1. The Morgan fingerprint density at radius 2 is 1.90 bits per heavy atom. The number of hydrogen-bond acceptors (Lipinski definition) is 2. The summed E-state index contributed by atoms with van der Waals surface area (Å²) in [5.74, 6) is -0.0289. The third kappa shape index (κ3) is 4.02. The van der Waals surface area contributed by atoms with Crippen LogP contribution in [-0.2, 0) is 4.79 Å². The van der Waals surface area contributed by atoms with Gasteiger partial charge in [-0.3, -0.25) is 4.79 Å². The zero-order chi connectivity index (χ0) is 14.5. The van der Waals surface area contributed by atoms with Gasteiger partial charge < -0.3 is 5.32 Å². The first-order valence-corrected chi connectivity index (χ1v) is 7.61. The molecule has 0 heterocycles. The molecule has 2 rings (SSSR count). The maximum atomic E-state index is 12.1. The van der Waals surface area contributed by atoms with E-state index in [0.29, 0.717) is 5.02 Å². The van der Waals surface area contributed by atoms with Crippen molar-refractivity contribution in [2.24, 2.45) is 0 Å². The summed E-state index contributed by atoms with van der Waals surface area (Å²) in [5, 5.41) is 3.38. The van der Waals surface area contributed by atoms with Crippen LogP contribution in [0, 0.1) is 6.92 Å². The number of halogens is 1. The van der Waals surface area contributed by atoms with Crippen LogP contribution in [0.2, 0.25) is 5.02 Å². The van der Waals surface area contributed by atoms with E-state index in [1.54, 1.807) is 6.07 Å². The normalized spacial score (nSPS) is 11.9. The van der Waals surface area contributed by atoms with Gasteiger partial charge in [-0.1, -0.05) is 35.9 Å². The van der Waals surface area contributed by atoms with Crippen molar-refractivity contribution in [3.8, 4) is 0 Å². The molecule has 1 atom stereocenters. The third-order valence-corrected chi connectivity index (χ3v) is 4.38. The number of aryl methyl sites for hydroxylation is 1. The van der Waals surface area contributed by atoms with Gasteiger partial charge in [0.2, 0.25) is 5.91 Å². The number of nitrogens with one attached hydrogen (secondary N) is 1. The molecule has 0 bridgehead atoms. The lowest BCUT2D eigenvalue weighted by atomic mass is 10.2. The molecule has 2 aromatic rings. The van der Waals surface area contributed by atoms with E-state index < -0.39 is 0 Å². The number of rotatable bonds is 4. The minimum atomic E-state index is -0.169. The fourth-order valence-electron chi connectivity index (χ4n) is 1.67. The van der Waals surface area contributed by atoms with Crippen molar-refractivity contribution in [1.29, 1.82) is 0 Å². The molecule has 0 unspecified atom stereocenters. The Labute approximate surface area is 128 Å². The standard InChI is InChI=1S/C16H16ClNOS/c1-11-8-9-13(10-15(11)17)18-16(19)12(2)20-14-6-4-3-5-7-14/h3-10,12H,1-2H3,(H,18,19)/t12-/m0/s1. The van der Waals surface area contributed by atoms with Crippen molar-refractivity contribution >= 4 is 35.0 Å². The molecule has 0 aliphatic heterocycles. The van der Waals surface area contributed by atoms with Crippen LogP contribution in [0.1, 0.15) is 12.5 Å². The van der Waals surface area contributed by atoms with Crippen molar-refractivity contribution in [1.82, 2.24) is 0 Å². The molecular weight excluding hydrogens is 290 g/mol. The van der Waals surface area contributed by atoms with E-state index in [1.165, 1.54) is 11.8 Å². The Bertz CT molecular complexity index is 601. The minimum absolute atomic E-state index is 0.0289. The SMILES string of the molecule is Cc1ccc(NC(=O)[C@H](C)Sc2ccccc2)cc1Cl. The molecule has 0 aliphatic rings. The lowest BCUT2D eigenvalue weighted by Gasteiger charge is -2.12. The number of thioether (sulfide) groups is 1. The van der Waals surface area contributed by atoms with Crippen LogP contribution < -0.4 is 5.32 Å². The fourth-order valence-corrected chi connectivity index (χ4v) is 2.74. The highest BCUT2D eigenvalue weighted by atomic mass is 35.5. The van der Waals surface area contributed by atoms with Crippen LogP contribution in [0.4, 0.5) is 5.69 Å². The Kier molecular flexibility index (Phi) is 5.10. The average Bonchev–Trinajstić information content (AvgIpc) is 2.44. The molecule has 1 N–H and O–H groups in total. The van der Waals surface area contributed by atoms with Crippen LogP contribution in [0.15, 0.2) is 53.4 Å². The Morgan fingerprint density at radius 1 is 1.20 bits per heavy atom. The summed E-state index contributed by atoms with van der Waals surface area (Å²) in [7, 11) is 0. The summed E-state index contributed by atoms with van der Waals surface area (Å²) in [6.45, 7) is 3.82. The topological polar surface area (TPSA) is 29.1 Å². The van der Waals surface area contributed by atoms with Gasteiger partial charge in [-0.05, 0) is 43.7 Å². The first-order chi connectivity index (χ1) is 9.56. The molecule has 0 spiro atoms. The van der Waals surface area contributed by atoms with Gasteiger partial charge in [-0.25, -0.2) is 0 Å². The maximum Gasteiger partial charge on any atom is 0.237 e. The summed E-state index contributed by atoms with van der Waals surface area (Å²) in [6, 6.07) is 15.4. The molecule has 0 aliphatic carbocycles. The zero-order valence-electron chi connectivity index (χ0n) is 11.4. The monoisotopic (exact) mass is 305 g/mol. The molecule has 104 valence electrons. The van der Waals surface area contributed by atoms with Gasteiger partial charge >= 0.3 is 0 Å². The molecule has 0 fully saturated rings. The van der Waals surface area contributed by atoms with Crippen LogP contribution in [0.5, 0.6) is 0 Å². The molecule has 20 heavy (non-hydrogen) atoms. The summed E-state index contributed by atoms with van der Waals surface area (Å²) in [4.78, 5) is 13.2. The summed E-state index contributed by atoms with van der Waals surface area (Å²) >= 11 is 7.58. The van der Waals surface area contributed by atoms with Gasteiger partial charge in [0.05, 0.1) is 5.25 Å². The number of carbonyl (C=O) groups is 1. The molecule has 0 saturated heterocycles. The second-order valence-corrected chi connectivity index (χ2v) is 6.35. The lowest BCUT2D eigenvalue weighted by Crippen LogP contribution is -2.22. The fraction of sp³-hybridized carbons (Fsp3) is 0.188. The van der Waals surface area contributed by atoms with Gasteiger partial charge in [0.15, 0.2) is 0 Å². The van der Waals surface area contributed by atoms with Crippen molar-refractivity contribution < 1.29 is 4.79 Å². The van der Waals surface area contributed by atoms with E-state index in [-0.39, 0.29) is 11.2 Å². The van der Waals surface area contributed by atoms with Crippen molar-refractivity contribution in [2.45, 2.75) is 24.0 Å². The molecule has 0 aromatic heterocycles. The maximum absolute atomic E-state index is 12.1. The predicted octanol–water partition coefficient (Wildman–Crippen LogP) is 4.77. The van der Waals surface area contributed by atoms with E-state index in [2.05, 4.69) is 5.32 Å². The molecule has 0 radical (unpaired) electrons. The number of carbonyl (C=O) groups excluding carboxylic acids is 1. The van der Waals surface area contributed by atoms with Crippen molar-refractivity contribution in [3.05, 3.63) is 59.1 Å². The quantitative estimate of drug-likeness (QED) is 0.825. The second kappa shape index (κ2) is 6.82. The Morgan fingerprint density at radius 3 is 2.55 bits per heavy atom. The third-order valence-electron chi connectivity index (χ3n) is 2.86. The van der Waals surface area contributed by atoms with E-state index in [9.17, 15) is 4.79 Å². The number of benzene rings is 2. The molecule has 4 heteroatoms. The highest BCUT2D eigenvalue weighted by Crippen LogP contribution is 2.25. The van der Waals surface area contributed by atoms with Gasteiger partial charge in [0, 0.05) is 15.6 Å². The number of hydrogen-bond donors (Lipinski definition) is 1. The minimum Gasteiger partial charge on any atom is -0.325 e. The highest BCUT2D eigenvalue weighted by Gasteiger charge is 2.14. The average molecular weight is 306 g/mol. The highest BCUT2D eigenvalue weighted by molar-refractivity contribution is 8.00. The van der Waals surface area contributed by atoms with Crippen molar-refractivity contribution in [2.75, 3.05) is 5.32 Å². The molecule has 0 saturated carbocycles. The van der Waals surface area contributed by atoms with Gasteiger partial charge in [-0.15, -0.1) is 11.8 Å². The smallest absolute Gasteiger partial charge is 0.237 e. The predicted molar refractivity (Wildman–Crippen MR) is 86.6 cm³/mol.